The lowest BCUT2D eigenvalue weighted by atomic mass is 10.2. The fourth-order valence-corrected chi connectivity index (χ4v) is 1.57. The Balaban J connectivity index is 2.08. The molecule has 17 heavy (non-hydrogen) atoms. The second kappa shape index (κ2) is 5.01. The zero-order valence-electron chi connectivity index (χ0n) is 9.33. The molecule has 2 aromatic rings. The van der Waals surface area contributed by atoms with Gasteiger partial charge in [0.1, 0.15) is 0 Å². The van der Waals surface area contributed by atoms with E-state index in [-0.39, 0.29) is 5.56 Å². The van der Waals surface area contributed by atoms with E-state index < -0.39 is 0 Å². The number of halogens is 1. The quantitative estimate of drug-likeness (QED) is 0.806. The first-order chi connectivity index (χ1) is 8.16. The fraction of sp³-hybridized carbons (Fsp3) is 0.167. The maximum Gasteiger partial charge on any atom is 0.272 e. The molecule has 0 bridgehead atoms. The number of aromatic nitrogens is 2. The Bertz CT molecular complexity index is 581. The van der Waals surface area contributed by atoms with E-state index in [9.17, 15) is 4.79 Å². The van der Waals surface area contributed by atoms with Gasteiger partial charge in [0, 0.05) is 16.9 Å². The highest BCUT2D eigenvalue weighted by molar-refractivity contribution is 6.30. The molecule has 0 fully saturated rings. The van der Waals surface area contributed by atoms with E-state index in [4.69, 9.17) is 11.6 Å². The molecule has 1 aromatic carbocycles. The number of benzene rings is 1. The molecule has 0 aliphatic rings. The van der Waals surface area contributed by atoms with Crippen LogP contribution in [-0.2, 0) is 6.54 Å². The lowest BCUT2D eigenvalue weighted by Crippen LogP contribution is -2.05. The van der Waals surface area contributed by atoms with Crippen LogP contribution in [0.4, 0.5) is 0 Å². The van der Waals surface area contributed by atoms with Gasteiger partial charge in [0.2, 0.25) is 0 Å². The third kappa shape index (κ3) is 2.85. The largest absolute Gasteiger partial charge is 0.302 e. The molecule has 0 spiro atoms. The van der Waals surface area contributed by atoms with Crippen molar-refractivity contribution in [3.63, 3.8) is 0 Å². The van der Waals surface area contributed by atoms with E-state index in [0.29, 0.717) is 17.1 Å². The molecule has 0 aliphatic carbocycles. The zero-order valence-corrected chi connectivity index (χ0v) is 10.1. The molecule has 4 nitrogen and oxygen atoms in total. The fourth-order valence-electron chi connectivity index (χ4n) is 1.44. The van der Waals surface area contributed by atoms with Crippen molar-refractivity contribution >= 4 is 17.8 Å². The summed E-state index contributed by atoms with van der Waals surface area (Å²) in [6, 6.07) is 7.46. The minimum atomic E-state index is -0.151. The van der Waals surface area contributed by atoms with Crippen LogP contribution in [0.5, 0.6) is 0 Å². The van der Waals surface area contributed by atoms with Crippen molar-refractivity contribution in [3.8, 4) is 0 Å². The average molecular weight is 250 g/mol. The molecule has 1 heterocycles. The summed E-state index contributed by atoms with van der Waals surface area (Å²) < 4.78 is 0. The van der Waals surface area contributed by atoms with E-state index in [1.165, 1.54) is 0 Å². The highest BCUT2D eigenvalue weighted by Crippen LogP contribution is 2.10. The number of aliphatic imine (C=N–C) groups is 1. The van der Waals surface area contributed by atoms with Crippen molar-refractivity contribution in [2.45, 2.75) is 13.5 Å². The van der Waals surface area contributed by atoms with Crippen LogP contribution in [0.2, 0.25) is 5.02 Å². The van der Waals surface area contributed by atoms with Crippen LogP contribution in [0, 0.1) is 6.92 Å². The van der Waals surface area contributed by atoms with E-state index >= 15 is 0 Å². The molecular formula is C12H12ClN3O. The Kier molecular flexibility index (Phi) is 3.44. The number of nitrogens with one attached hydrogen (secondary N) is 2. The molecule has 5 heteroatoms. The van der Waals surface area contributed by atoms with Crippen molar-refractivity contribution in [1.29, 1.82) is 0 Å². The molecule has 1 aromatic heterocycles. The predicted octanol–water partition coefficient (Wildman–Crippen LogP) is 2.28. The second-order valence-corrected chi connectivity index (χ2v) is 4.15. The molecule has 0 saturated carbocycles. The van der Waals surface area contributed by atoms with Crippen LogP contribution in [0.15, 0.2) is 34.1 Å². The number of rotatable bonds is 3. The topological polar surface area (TPSA) is 61.0 Å². The van der Waals surface area contributed by atoms with E-state index in [1.54, 1.807) is 6.21 Å². The van der Waals surface area contributed by atoms with Gasteiger partial charge in [0.05, 0.1) is 12.1 Å². The second-order valence-electron chi connectivity index (χ2n) is 3.71. The Morgan fingerprint density at radius 3 is 2.59 bits per heavy atom. The first-order valence-corrected chi connectivity index (χ1v) is 5.56. The van der Waals surface area contributed by atoms with Gasteiger partial charge in [-0.2, -0.15) is 0 Å². The number of hydrogen-bond acceptors (Lipinski definition) is 2. The van der Waals surface area contributed by atoms with E-state index in [1.807, 2.05) is 31.2 Å². The molecule has 88 valence electrons. The van der Waals surface area contributed by atoms with Crippen molar-refractivity contribution in [2.75, 3.05) is 0 Å². The third-order valence-electron chi connectivity index (χ3n) is 2.42. The first kappa shape index (κ1) is 11.7. The van der Waals surface area contributed by atoms with Crippen LogP contribution in [0.25, 0.3) is 0 Å². The molecular weight excluding hydrogens is 238 g/mol. The smallest absolute Gasteiger partial charge is 0.272 e. The van der Waals surface area contributed by atoms with Crippen LogP contribution in [0.1, 0.15) is 16.8 Å². The SMILES string of the molecule is Cc1[nH][nH]c(=O)c1C=NCc1ccc(Cl)cc1. The highest BCUT2D eigenvalue weighted by Gasteiger charge is 2.01. The number of aryl methyl sites for hydroxylation is 1. The number of nitrogens with zero attached hydrogens (tertiary/aromatic N) is 1. The summed E-state index contributed by atoms with van der Waals surface area (Å²) in [6.45, 7) is 2.35. The lowest BCUT2D eigenvalue weighted by Gasteiger charge is -1.95. The summed E-state index contributed by atoms with van der Waals surface area (Å²) in [5.74, 6) is 0. The normalized spacial score (nSPS) is 11.2. The van der Waals surface area contributed by atoms with Gasteiger partial charge >= 0.3 is 0 Å². The third-order valence-corrected chi connectivity index (χ3v) is 2.67. The van der Waals surface area contributed by atoms with Crippen LogP contribution >= 0.6 is 11.6 Å². The summed E-state index contributed by atoms with van der Waals surface area (Å²) in [6.07, 6.45) is 1.58. The van der Waals surface area contributed by atoms with Gasteiger partial charge in [0.25, 0.3) is 5.56 Å². The molecule has 0 aliphatic heterocycles. The Morgan fingerprint density at radius 1 is 1.29 bits per heavy atom. The van der Waals surface area contributed by atoms with Gasteiger partial charge < -0.3 is 5.10 Å². The van der Waals surface area contributed by atoms with Gasteiger partial charge in [0.15, 0.2) is 0 Å². The zero-order chi connectivity index (χ0) is 12.3. The summed E-state index contributed by atoms with van der Waals surface area (Å²) in [5.41, 5.74) is 2.26. The molecule has 0 saturated heterocycles. The van der Waals surface area contributed by atoms with E-state index in [0.717, 1.165) is 11.3 Å². The Hall–Kier alpha value is -1.81. The highest BCUT2D eigenvalue weighted by atomic mass is 35.5. The first-order valence-electron chi connectivity index (χ1n) is 5.18. The number of aromatic amines is 2. The van der Waals surface area contributed by atoms with Gasteiger partial charge in [-0.25, -0.2) is 0 Å². The van der Waals surface area contributed by atoms with Gasteiger partial charge in [-0.05, 0) is 24.6 Å². The predicted molar refractivity (Wildman–Crippen MR) is 68.9 cm³/mol. The van der Waals surface area contributed by atoms with Crippen LogP contribution < -0.4 is 5.56 Å². The summed E-state index contributed by atoms with van der Waals surface area (Å²) in [4.78, 5) is 15.6. The summed E-state index contributed by atoms with van der Waals surface area (Å²) in [7, 11) is 0. The lowest BCUT2D eigenvalue weighted by molar-refractivity contribution is 1.02. The van der Waals surface area contributed by atoms with Gasteiger partial charge in [-0.15, -0.1) is 0 Å². The standard InChI is InChI=1S/C12H12ClN3O/c1-8-11(12(17)16-15-8)7-14-6-9-2-4-10(13)5-3-9/h2-5,7H,6H2,1H3,(H2,15,16,17). The molecule has 2 N–H and O–H groups in total. The minimum absolute atomic E-state index is 0.151. The molecule has 2 rings (SSSR count). The van der Waals surface area contributed by atoms with E-state index in [2.05, 4.69) is 15.2 Å². The number of H-pyrrole nitrogens is 2. The summed E-state index contributed by atoms with van der Waals surface area (Å²) in [5, 5.41) is 5.95. The van der Waals surface area contributed by atoms with Crippen molar-refractivity contribution < 1.29 is 0 Å². The minimum Gasteiger partial charge on any atom is -0.302 e. The maximum atomic E-state index is 11.3. The summed E-state index contributed by atoms with van der Waals surface area (Å²) >= 11 is 5.78. The molecule has 0 amide bonds. The van der Waals surface area contributed by atoms with Crippen LogP contribution in [-0.4, -0.2) is 16.4 Å². The maximum absolute atomic E-state index is 11.3. The van der Waals surface area contributed by atoms with Crippen molar-refractivity contribution in [1.82, 2.24) is 10.2 Å². The van der Waals surface area contributed by atoms with Crippen molar-refractivity contribution in [3.05, 3.63) is 56.5 Å². The number of hydrogen-bond donors (Lipinski definition) is 2. The monoisotopic (exact) mass is 249 g/mol. The molecule has 0 atom stereocenters. The van der Waals surface area contributed by atoms with Gasteiger partial charge in [-0.3, -0.25) is 14.9 Å². The average Bonchev–Trinajstić information content (AvgIpc) is 2.63. The Morgan fingerprint density at radius 2 is 2.00 bits per heavy atom. The molecule has 0 unspecified atom stereocenters. The van der Waals surface area contributed by atoms with Crippen LogP contribution in [0.3, 0.4) is 0 Å². The molecule has 0 radical (unpaired) electrons. The van der Waals surface area contributed by atoms with Crippen molar-refractivity contribution in [2.24, 2.45) is 4.99 Å². The van der Waals surface area contributed by atoms with Gasteiger partial charge in [-0.1, -0.05) is 23.7 Å². The Labute approximate surface area is 103 Å².